The van der Waals surface area contributed by atoms with Crippen molar-refractivity contribution in [2.45, 2.75) is 51.5 Å². The summed E-state index contributed by atoms with van der Waals surface area (Å²) in [6.07, 6.45) is 6.72. The largest absolute Gasteiger partial charge is 0.352 e. The molecule has 1 aliphatic carbocycles. The van der Waals surface area contributed by atoms with Crippen molar-refractivity contribution in [3.63, 3.8) is 0 Å². The molecule has 1 aliphatic rings. The van der Waals surface area contributed by atoms with Gasteiger partial charge in [0.1, 0.15) is 0 Å². The molecule has 0 heterocycles. The van der Waals surface area contributed by atoms with Crippen LogP contribution in [-0.2, 0) is 11.2 Å². The highest BCUT2D eigenvalue weighted by Crippen LogP contribution is 2.26. The Labute approximate surface area is 121 Å². The third-order valence-corrected chi connectivity index (χ3v) is 4.30. The van der Waals surface area contributed by atoms with Crippen LogP contribution in [0.15, 0.2) is 24.3 Å². The Kier molecular flexibility index (Phi) is 5.60. The fraction of sp³-hybridized carbons (Fsp3) is 0.588. The van der Waals surface area contributed by atoms with Crippen molar-refractivity contribution < 1.29 is 4.79 Å². The van der Waals surface area contributed by atoms with E-state index in [9.17, 15) is 4.79 Å². The van der Waals surface area contributed by atoms with Crippen LogP contribution in [0.5, 0.6) is 0 Å². The molecular weight excluding hydrogens is 248 g/mol. The fourth-order valence-electron chi connectivity index (χ4n) is 3.05. The van der Waals surface area contributed by atoms with Crippen LogP contribution >= 0.6 is 0 Å². The lowest BCUT2D eigenvalue weighted by Gasteiger charge is -2.30. The number of carbonyl (C=O) groups excluding carboxylic acids is 1. The van der Waals surface area contributed by atoms with Crippen LogP contribution in [0.4, 0.5) is 0 Å². The third kappa shape index (κ3) is 4.34. The Bertz CT molecular complexity index is 421. The molecule has 1 unspecified atom stereocenters. The van der Waals surface area contributed by atoms with Gasteiger partial charge >= 0.3 is 0 Å². The maximum absolute atomic E-state index is 12.1. The van der Waals surface area contributed by atoms with Crippen LogP contribution in [-0.4, -0.2) is 18.5 Å². The maximum Gasteiger partial charge on any atom is 0.224 e. The SMILES string of the molecule is Cc1ccc(CC(=O)NC(CN)C2CCCCC2)cc1. The molecular formula is C17H26N2O. The first-order chi connectivity index (χ1) is 9.69. The molecule has 20 heavy (non-hydrogen) atoms. The van der Waals surface area contributed by atoms with Gasteiger partial charge < -0.3 is 11.1 Å². The van der Waals surface area contributed by atoms with Gasteiger partial charge in [-0.2, -0.15) is 0 Å². The number of benzene rings is 1. The summed E-state index contributed by atoms with van der Waals surface area (Å²) in [6.45, 7) is 2.60. The second kappa shape index (κ2) is 7.44. The van der Waals surface area contributed by atoms with Crippen molar-refractivity contribution in [2.75, 3.05) is 6.54 Å². The summed E-state index contributed by atoms with van der Waals surface area (Å²) < 4.78 is 0. The van der Waals surface area contributed by atoms with Gasteiger partial charge in [-0.05, 0) is 31.2 Å². The molecule has 0 spiro atoms. The van der Waals surface area contributed by atoms with E-state index in [2.05, 4.69) is 12.2 Å². The zero-order valence-corrected chi connectivity index (χ0v) is 12.4. The van der Waals surface area contributed by atoms with Gasteiger partial charge in [0.2, 0.25) is 5.91 Å². The molecule has 1 atom stereocenters. The molecule has 1 amide bonds. The van der Waals surface area contributed by atoms with Crippen molar-refractivity contribution >= 4 is 5.91 Å². The zero-order chi connectivity index (χ0) is 14.4. The van der Waals surface area contributed by atoms with Crippen molar-refractivity contribution in [1.82, 2.24) is 5.32 Å². The second-order valence-electron chi connectivity index (χ2n) is 5.97. The molecule has 3 N–H and O–H groups in total. The van der Waals surface area contributed by atoms with E-state index < -0.39 is 0 Å². The lowest BCUT2D eigenvalue weighted by molar-refractivity contribution is -0.121. The van der Waals surface area contributed by atoms with E-state index in [-0.39, 0.29) is 11.9 Å². The summed E-state index contributed by atoms with van der Waals surface area (Å²) in [5.41, 5.74) is 8.13. The molecule has 0 bridgehead atoms. The molecule has 1 aromatic carbocycles. The highest BCUT2D eigenvalue weighted by Gasteiger charge is 2.23. The highest BCUT2D eigenvalue weighted by atomic mass is 16.1. The second-order valence-corrected chi connectivity index (χ2v) is 5.97. The third-order valence-electron chi connectivity index (χ3n) is 4.30. The quantitative estimate of drug-likeness (QED) is 0.867. The van der Waals surface area contributed by atoms with Crippen molar-refractivity contribution in [2.24, 2.45) is 11.7 Å². The zero-order valence-electron chi connectivity index (χ0n) is 12.4. The predicted octanol–water partition coefficient (Wildman–Crippen LogP) is 2.56. The fourth-order valence-corrected chi connectivity index (χ4v) is 3.05. The molecule has 0 aliphatic heterocycles. The van der Waals surface area contributed by atoms with Gasteiger partial charge in [-0.3, -0.25) is 4.79 Å². The molecule has 0 saturated heterocycles. The average Bonchev–Trinajstić information content (AvgIpc) is 2.48. The Hall–Kier alpha value is -1.35. The standard InChI is InChI=1S/C17H26N2O/c1-13-7-9-14(10-8-13)11-17(20)19-16(12-18)15-5-3-2-4-6-15/h7-10,15-16H,2-6,11-12,18H2,1H3,(H,19,20). The molecule has 0 aromatic heterocycles. The number of nitrogens with one attached hydrogen (secondary N) is 1. The number of hydrogen-bond donors (Lipinski definition) is 2. The first kappa shape index (κ1) is 15.0. The Morgan fingerprint density at radius 3 is 2.50 bits per heavy atom. The number of hydrogen-bond acceptors (Lipinski definition) is 2. The first-order valence-corrected chi connectivity index (χ1v) is 7.74. The number of rotatable bonds is 5. The summed E-state index contributed by atoms with van der Waals surface area (Å²) in [5.74, 6) is 0.658. The number of carbonyl (C=O) groups is 1. The monoisotopic (exact) mass is 274 g/mol. The smallest absolute Gasteiger partial charge is 0.224 e. The van der Waals surface area contributed by atoms with E-state index in [4.69, 9.17) is 5.73 Å². The molecule has 0 radical (unpaired) electrons. The first-order valence-electron chi connectivity index (χ1n) is 7.74. The molecule has 3 heteroatoms. The van der Waals surface area contributed by atoms with Gasteiger partial charge in [0.25, 0.3) is 0 Å². The van der Waals surface area contributed by atoms with Crippen LogP contribution in [0, 0.1) is 12.8 Å². The van der Waals surface area contributed by atoms with Crippen molar-refractivity contribution in [3.8, 4) is 0 Å². The summed E-state index contributed by atoms with van der Waals surface area (Å²) in [7, 11) is 0. The van der Waals surface area contributed by atoms with Gasteiger partial charge in [-0.25, -0.2) is 0 Å². The summed E-state index contributed by atoms with van der Waals surface area (Å²) in [4.78, 5) is 12.1. The van der Waals surface area contributed by atoms with Gasteiger partial charge in [0, 0.05) is 12.6 Å². The van der Waals surface area contributed by atoms with E-state index in [1.54, 1.807) is 0 Å². The topological polar surface area (TPSA) is 55.1 Å². The van der Waals surface area contributed by atoms with Crippen LogP contribution in [0.25, 0.3) is 0 Å². The van der Waals surface area contributed by atoms with E-state index >= 15 is 0 Å². The lowest BCUT2D eigenvalue weighted by Crippen LogP contribution is -2.46. The molecule has 2 rings (SSSR count). The minimum Gasteiger partial charge on any atom is -0.352 e. The molecule has 1 saturated carbocycles. The van der Waals surface area contributed by atoms with Crippen molar-refractivity contribution in [3.05, 3.63) is 35.4 Å². The van der Waals surface area contributed by atoms with E-state index in [0.29, 0.717) is 18.9 Å². The van der Waals surface area contributed by atoms with E-state index in [0.717, 1.165) is 5.56 Å². The van der Waals surface area contributed by atoms with Crippen LogP contribution in [0.3, 0.4) is 0 Å². The number of aryl methyl sites for hydroxylation is 1. The maximum atomic E-state index is 12.1. The minimum absolute atomic E-state index is 0.0925. The van der Waals surface area contributed by atoms with Gasteiger partial charge in [-0.1, -0.05) is 49.1 Å². The Balaban J connectivity index is 1.86. The Morgan fingerprint density at radius 2 is 1.90 bits per heavy atom. The summed E-state index contributed by atoms with van der Waals surface area (Å²) in [5, 5.41) is 3.14. The van der Waals surface area contributed by atoms with Gasteiger partial charge in [0.15, 0.2) is 0 Å². The lowest BCUT2D eigenvalue weighted by atomic mass is 9.84. The van der Waals surface area contributed by atoms with E-state index in [1.807, 2.05) is 24.3 Å². The summed E-state index contributed by atoms with van der Waals surface area (Å²) in [6, 6.07) is 8.28. The molecule has 1 aromatic rings. The minimum atomic E-state index is 0.0925. The van der Waals surface area contributed by atoms with Crippen LogP contribution in [0.1, 0.15) is 43.2 Å². The van der Waals surface area contributed by atoms with Crippen LogP contribution < -0.4 is 11.1 Å². The van der Waals surface area contributed by atoms with Crippen molar-refractivity contribution in [1.29, 1.82) is 0 Å². The molecule has 1 fully saturated rings. The highest BCUT2D eigenvalue weighted by molar-refractivity contribution is 5.78. The van der Waals surface area contributed by atoms with Gasteiger partial charge in [-0.15, -0.1) is 0 Å². The van der Waals surface area contributed by atoms with Gasteiger partial charge in [0.05, 0.1) is 6.42 Å². The predicted molar refractivity (Wildman–Crippen MR) is 82.4 cm³/mol. The van der Waals surface area contributed by atoms with E-state index in [1.165, 1.54) is 37.7 Å². The number of nitrogens with two attached hydrogens (primary N) is 1. The number of amides is 1. The normalized spacial score (nSPS) is 17.7. The molecule has 110 valence electrons. The average molecular weight is 274 g/mol. The molecule has 3 nitrogen and oxygen atoms in total. The Morgan fingerprint density at radius 1 is 1.25 bits per heavy atom. The van der Waals surface area contributed by atoms with Crippen LogP contribution in [0.2, 0.25) is 0 Å². The summed E-state index contributed by atoms with van der Waals surface area (Å²) >= 11 is 0.